The summed E-state index contributed by atoms with van der Waals surface area (Å²) in [5.41, 5.74) is 1.42. The number of aryl methyl sites for hydroxylation is 1. The molecule has 1 aromatic carbocycles. The smallest absolute Gasteiger partial charge is 0.0186 e. The van der Waals surface area contributed by atoms with Crippen LogP contribution in [0.2, 0.25) is 0 Å². The van der Waals surface area contributed by atoms with Gasteiger partial charge in [0.25, 0.3) is 0 Å². The van der Waals surface area contributed by atoms with E-state index in [2.05, 4.69) is 63.8 Å². The van der Waals surface area contributed by atoms with Crippen molar-refractivity contribution < 1.29 is 0 Å². The number of rotatable bonds is 6. The van der Waals surface area contributed by atoms with E-state index < -0.39 is 0 Å². The quantitative estimate of drug-likeness (QED) is 0.653. The maximum absolute atomic E-state index is 3.78. The topological polar surface area (TPSA) is 0 Å². The van der Waals surface area contributed by atoms with Crippen LogP contribution in [-0.4, -0.2) is 4.83 Å². The maximum atomic E-state index is 3.78. The van der Waals surface area contributed by atoms with E-state index in [1.807, 2.05) is 11.3 Å². The molecule has 17 heavy (non-hydrogen) atoms. The fraction of sp³-hybridized carbons (Fsp3) is 0.333. The van der Waals surface area contributed by atoms with Crippen LogP contribution in [0.15, 0.2) is 47.8 Å². The molecule has 0 saturated carbocycles. The van der Waals surface area contributed by atoms with Gasteiger partial charge < -0.3 is 0 Å². The van der Waals surface area contributed by atoms with Crippen molar-refractivity contribution in [2.45, 2.75) is 30.5 Å². The minimum atomic E-state index is 0.602. The Balaban J connectivity index is 1.69. The van der Waals surface area contributed by atoms with Gasteiger partial charge in [0.1, 0.15) is 0 Å². The molecule has 0 aliphatic heterocycles. The van der Waals surface area contributed by atoms with Crippen molar-refractivity contribution in [1.82, 2.24) is 0 Å². The molecule has 0 amide bonds. The van der Waals surface area contributed by atoms with Gasteiger partial charge in [-0.2, -0.15) is 0 Å². The van der Waals surface area contributed by atoms with E-state index in [4.69, 9.17) is 0 Å². The van der Waals surface area contributed by atoms with Crippen molar-refractivity contribution in [3.63, 3.8) is 0 Å². The third-order valence-electron chi connectivity index (χ3n) is 2.82. The van der Waals surface area contributed by atoms with Gasteiger partial charge in [-0.15, -0.1) is 11.3 Å². The predicted octanol–water partition coefficient (Wildman–Crippen LogP) is 5.08. The predicted molar refractivity (Wildman–Crippen MR) is 80.1 cm³/mol. The minimum absolute atomic E-state index is 0.602. The zero-order valence-electron chi connectivity index (χ0n) is 9.81. The van der Waals surface area contributed by atoms with Gasteiger partial charge in [0, 0.05) is 9.70 Å². The van der Waals surface area contributed by atoms with E-state index in [-0.39, 0.29) is 0 Å². The van der Waals surface area contributed by atoms with Crippen LogP contribution in [0.1, 0.15) is 23.3 Å². The van der Waals surface area contributed by atoms with Crippen LogP contribution in [0.4, 0.5) is 0 Å². The molecule has 1 unspecified atom stereocenters. The fourth-order valence-corrected chi connectivity index (χ4v) is 3.37. The standard InChI is InChI=1S/C15H17BrS/c16-14(12-13-6-2-1-3-7-13)8-4-9-15-10-5-11-17-15/h1-3,5-7,10-11,14H,4,8-9,12H2. The van der Waals surface area contributed by atoms with Crippen LogP contribution in [-0.2, 0) is 12.8 Å². The van der Waals surface area contributed by atoms with Crippen molar-refractivity contribution in [1.29, 1.82) is 0 Å². The minimum Gasteiger partial charge on any atom is -0.149 e. The Hall–Kier alpha value is -0.600. The highest BCUT2D eigenvalue weighted by atomic mass is 79.9. The van der Waals surface area contributed by atoms with E-state index in [9.17, 15) is 0 Å². The molecular weight excluding hydrogens is 292 g/mol. The summed E-state index contributed by atoms with van der Waals surface area (Å²) in [6.45, 7) is 0. The number of hydrogen-bond acceptors (Lipinski definition) is 1. The average molecular weight is 309 g/mol. The molecule has 1 atom stereocenters. The Morgan fingerprint density at radius 2 is 1.88 bits per heavy atom. The lowest BCUT2D eigenvalue weighted by atomic mass is 10.1. The van der Waals surface area contributed by atoms with Gasteiger partial charge >= 0.3 is 0 Å². The van der Waals surface area contributed by atoms with E-state index in [0.29, 0.717) is 4.83 Å². The summed E-state index contributed by atoms with van der Waals surface area (Å²) in [6, 6.07) is 15.1. The van der Waals surface area contributed by atoms with Gasteiger partial charge in [-0.3, -0.25) is 0 Å². The molecule has 0 N–H and O–H groups in total. The van der Waals surface area contributed by atoms with Gasteiger partial charge in [-0.25, -0.2) is 0 Å². The second-order valence-electron chi connectivity index (χ2n) is 4.26. The normalized spacial score (nSPS) is 12.5. The first-order chi connectivity index (χ1) is 8.34. The molecule has 0 bridgehead atoms. The lowest BCUT2D eigenvalue weighted by Gasteiger charge is -2.09. The number of thiophene rings is 1. The number of benzene rings is 1. The Morgan fingerprint density at radius 3 is 2.59 bits per heavy atom. The summed E-state index contributed by atoms with van der Waals surface area (Å²) >= 11 is 5.65. The van der Waals surface area contributed by atoms with Gasteiger partial charge in [0.15, 0.2) is 0 Å². The highest BCUT2D eigenvalue weighted by molar-refractivity contribution is 9.09. The molecule has 2 rings (SSSR count). The summed E-state index contributed by atoms with van der Waals surface area (Å²) in [5.74, 6) is 0. The summed E-state index contributed by atoms with van der Waals surface area (Å²) in [6.07, 6.45) is 4.86. The molecule has 1 aromatic heterocycles. The van der Waals surface area contributed by atoms with Gasteiger partial charge in [-0.05, 0) is 42.7 Å². The lowest BCUT2D eigenvalue weighted by molar-refractivity contribution is 0.705. The molecule has 2 heteroatoms. The Kier molecular flexibility index (Phi) is 5.27. The van der Waals surface area contributed by atoms with Crippen LogP contribution >= 0.6 is 27.3 Å². The first-order valence-corrected chi connectivity index (χ1v) is 7.84. The summed E-state index contributed by atoms with van der Waals surface area (Å²) in [7, 11) is 0. The van der Waals surface area contributed by atoms with Gasteiger partial charge in [-0.1, -0.05) is 52.3 Å². The van der Waals surface area contributed by atoms with Gasteiger partial charge in [0.2, 0.25) is 0 Å². The molecule has 0 aliphatic rings. The van der Waals surface area contributed by atoms with Crippen LogP contribution in [0.25, 0.3) is 0 Å². The van der Waals surface area contributed by atoms with E-state index >= 15 is 0 Å². The lowest BCUT2D eigenvalue weighted by Crippen LogP contribution is -2.03. The first-order valence-electron chi connectivity index (χ1n) is 6.05. The molecular formula is C15H17BrS. The van der Waals surface area contributed by atoms with E-state index in [1.165, 1.54) is 29.7 Å². The van der Waals surface area contributed by atoms with Crippen LogP contribution < -0.4 is 0 Å². The Bertz CT molecular complexity index is 408. The average Bonchev–Trinajstić information content (AvgIpc) is 2.83. The van der Waals surface area contributed by atoms with Crippen LogP contribution in [0.5, 0.6) is 0 Å². The van der Waals surface area contributed by atoms with Crippen molar-refractivity contribution in [3.05, 3.63) is 58.3 Å². The molecule has 0 fully saturated rings. The van der Waals surface area contributed by atoms with E-state index in [0.717, 1.165) is 6.42 Å². The molecule has 0 nitrogen and oxygen atoms in total. The van der Waals surface area contributed by atoms with Crippen molar-refractivity contribution >= 4 is 27.3 Å². The highest BCUT2D eigenvalue weighted by Crippen LogP contribution is 2.18. The third kappa shape index (κ3) is 4.64. The zero-order chi connectivity index (χ0) is 11.9. The second kappa shape index (κ2) is 6.97. The van der Waals surface area contributed by atoms with Crippen molar-refractivity contribution in [2.75, 3.05) is 0 Å². The first kappa shape index (κ1) is 12.8. The second-order valence-corrected chi connectivity index (χ2v) is 6.59. The molecule has 2 aromatic rings. The van der Waals surface area contributed by atoms with E-state index in [1.54, 1.807) is 0 Å². The zero-order valence-corrected chi connectivity index (χ0v) is 12.2. The maximum Gasteiger partial charge on any atom is 0.0186 e. The summed E-state index contributed by atoms with van der Waals surface area (Å²) in [5, 5.41) is 2.16. The molecule has 0 radical (unpaired) electrons. The van der Waals surface area contributed by atoms with Gasteiger partial charge in [0.05, 0.1) is 0 Å². The Labute approximate surface area is 116 Å². The molecule has 1 heterocycles. The SMILES string of the molecule is BrC(CCCc1cccs1)Cc1ccccc1. The van der Waals surface area contributed by atoms with Crippen LogP contribution in [0.3, 0.4) is 0 Å². The molecule has 0 aliphatic carbocycles. The number of hydrogen-bond donors (Lipinski definition) is 0. The summed E-state index contributed by atoms with van der Waals surface area (Å²) < 4.78 is 0. The van der Waals surface area contributed by atoms with Crippen molar-refractivity contribution in [2.24, 2.45) is 0 Å². The fourth-order valence-electron chi connectivity index (χ4n) is 1.92. The highest BCUT2D eigenvalue weighted by Gasteiger charge is 2.05. The molecule has 0 saturated heterocycles. The number of halogens is 1. The number of alkyl halides is 1. The van der Waals surface area contributed by atoms with Crippen LogP contribution in [0, 0.1) is 0 Å². The largest absolute Gasteiger partial charge is 0.149 e. The van der Waals surface area contributed by atoms with Crippen molar-refractivity contribution in [3.8, 4) is 0 Å². The third-order valence-corrected chi connectivity index (χ3v) is 4.54. The monoisotopic (exact) mass is 308 g/mol. The molecule has 0 spiro atoms. The summed E-state index contributed by atoms with van der Waals surface area (Å²) in [4.78, 5) is 2.11. The molecule has 90 valence electrons. The Morgan fingerprint density at radius 1 is 1.06 bits per heavy atom.